The van der Waals surface area contributed by atoms with Crippen molar-refractivity contribution >= 4 is 17.9 Å². The second kappa shape index (κ2) is 7.59. The molecular weight excluding hydrogens is 326 g/mol. The lowest BCUT2D eigenvalue weighted by Gasteiger charge is -2.36. The molecule has 0 aromatic carbocycles. The molecule has 0 bridgehead atoms. The third-order valence-corrected chi connectivity index (χ3v) is 5.42. The van der Waals surface area contributed by atoms with Crippen molar-refractivity contribution in [2.75, 3.05) is 39.4 Å². The fourth-order valence-corrected chi connectivity index (χ4v) is 4.02. The van der Waals surface area contributed by atoms with E-state index >= 15 is 0 Å². The number of carboxylic acids is 1. The van der Waals surface area contributed by atoms with Crippen LogP contribution in [0.1, 0.15) is 38.5 Å². The number of carboxylic acid groups (broad SMARTS) is 1. The van der Waals surface area contributed by atoms with Gasteiger partial charge in [-0.1, -0.05) is 0 Å². The molecule has 25 heavy (non-hydrogen) atoms. The van der Waals surface area contributed by atoms with E-state index in [0.29, 0.717) is 26.1 Å². The summed E-state index contributed by atoms with van der Waals surface area (Å²) in [6.45, 7) is 3.37. The Hall–Kier alpha value is -1.83. The van der Waals surface area contributed by atoms with E-state index in [9.17, 15) is 14.4 Å². The topological polar surface area (TPSA) is 99.2 Å². The van der Waals surface area contributed by atoms with Crippen LogP contribution in [-0.2, 0) is 14.3 Å². The second-order valence-corrected chi connectivity index (χ2v) is 7.40. The Morgan fingerprint density at radius 2 is 1.84 bits per heavy atom. The molecule has 2 N–H and O–H groups in total. The van der Waals surface area contributed by atoms with Crippen molar-refractivity contribution in [2.24, 2.45) is 5.92 Å². The van der Waals surface area contributed by atoms with Gasteiger partial charge in [0.05, 0.1) is 24.5 Å². The molecule has 3 aliphatic heterocycles. The monoisotopic (exact) mass is 353 g/mol. The summed E-state index contributed by atoms with van der Waals surface area (Å²) in [5.41, 5.74) is -0.815. The fraction of sp³-hybridized carbons (Fsp3) is 0.824. The van der Waals surface area contributed by atoms with Gasteiger partial charge in [0.25, 0.3) is 0 Å². The smallest absolute Gasteiger partial charge is 0.320 e. The Balaban J connectivity index is 1.59. The van der Waals surface area contributed by atoms with E-state index in [4.69, 9.17) is 9.84 Å². The minimum absolute atomic E-state index is 0.0273. The van der Waals surface area contributed by atoms with E-state index in [-0.39, 0.29) is 30.9 Å². The molecule has 2 unspecified atom stereocenters. The van der Waals surface area contributed by atoms with E-state index in [0.717, 1.165) is 38.8 Å². The molecule has 0 aromatic heterocycles. The summed E-state index contributed by atoms with van der Waals surface area (Å²) in [5, 5.41) is 12.1. The molecule has 3 fully saturated rings. The van der Waals surface area contributed by atoms with Gasteiger partial charge in [-0.25, -0.2) is 4.79 Å². The molecule has 8 nitrogen and oxygen atoms in total. The maximum atomic E-state index is 12.7. The summed E-state index contributed by atoms with van der Waals surface area (Å²) < 4.78 is 5.33. The maximum absolute atomic E-state index is 12.7. The molecule has 0 aromatic rings. The van der Waals surface area contributed by atoms with Gasteiger partial charge in [-0.15, -0.1) is 0 Å². The van der Waals surface area contributed by atoms with Gasteiger partial charge in [-0.05, 0) is 32.1 Å². The van der Waals surface area contributed by atoms with Gasteiger partial charge in [-0.2, -0.15) is 0 Å². The van der Waals surface area contributed by atoms with Crippen LogP contribution in [0.4, 0.5) is 4.79 Å². The van der Waals surface area contributed by atoms with E-state index in [1.807, 2.05) is 4.90 Å². The summed E-state index contributed by atoms with van der Waals surface area (Å²) >= 11 is 0. The number of aliphatic carboxylic acids is 1. The summed E-state index contributed by atoms with van der Waals surface area (Å²) in [6.07, 6.45) is 3.97. The molecule has 3 heterocycles. The van der Waals surface area contributed by atoms with Crippen molar-refractivity contribution in [3.05, 3.63) is 0 Å². The molecule has 2 atom stereocenters. The predicted molar refractivity (Wildman–Crippen MR) is 89.1 cm³/mol. The van der Waals surface area contributed by atoms with Crippen LogP contribution in [0.25, 0.3) is 0 Å². The number of rotatable bonds is 4. The Morgan fingerprint density at radius 1 is 1.12 bits per heavy atom. The van der Waals surface area contributed by atoms with Crippen molar-refractivity contribution < 1.29 is 24.2 Å². The molecule has 0 radical (unpaired) electrons. The Labute approximate surface area is 147 Å². The van der Waals surface area contributed by atoms with E-state index in [1.165, 1.54) is 0 Å². The molecular formula is C17H27N3O5. The molecule has 0 saturated carbocycles. The lowest BCUT2D eigenvalue weighted by atomic mass is 9.91. The first kappa shape index (κ1) is 18.0. The van der Waals surface area contributed by atoms with E-state index in [2.05, 4.69) is 5.32 Å². The van der Waals surface area contributed by atoms with Crippen molar-refractivity contribution in [2.45, 2.75) is 44.1 Å². The zero-order chi connectivity index (χ0) is 17.9. The molecule has 0 spiro atoms. The second-order valence-electron chi connectivity index (χ2n) is 7.40. The minimum Gasteiger partial charge on any atom is -0.481 e. The summed E-state index contributed by atoms with van der Waals surface area (Å²) in [4.78, 5) is 40.0. The molecule has 8 heteroatoms. The maximum Gasteiger partial charge on any atom is 0.320 e. The van der Waals surface area contributed by atoms with Crippen molar-refractivity contribution in [3.63, 3.8) is 0 Å². The van der Waals surface area contributed by atoms with Crippen molar-refractivity contribution in [1.82, 2.24) is 15.1 Å². The van der Waals surface area contributed by atoms with E-state index in [1.54, 1.807) is 4.90 Å². The highest BCUT2D eigenvalue weighted by molar-refractivity contribution is 5.82. The molecule has 140 valence electrons. The number of carbonyl (C=O) groups excluding carboxylic acids is 2. The van der Waals surface area contributed by atoms with Crippen LogP contribution in [-0.4, -0.2) is 77.7 Å². The third-order valence-electron chi connectivity index (χ3n) is 5.42. The Kier molecular flexibility index (Phi) is 5.46. The largest absolute Gasteiger partial charge is 0.481 e. The normalized spacial score (nSPS) is 29.7. The van der Waals surface area contributed by atoms with Gasteiger partial charge in [-0.3, -0.25) is 9.59 Å². The van der Waals surface area contributed by atoms with Gasteiger partial charge in [0.15, 0.2) is 0 Å². The van der Waals surface area contributed by atoms with Crippen LogP contribution in [0.3, 0.4) is 0 Å². The van der Waals surface area contributed by atoms with Crippen LogP contribution in [0.15, 0.2) is 0 Å². The number of urea groups is 1. The average Bonchev–Trinajstić information content (AvgIpc) is 3.26. The number of nitrogens with one attached hydrogen (secondary N) is 1. The zero-order valence-electron chi connectivity index (χ0n) is 14.5. The number of carbonyl (C=O) groups is 3. The van der Waals surface area contributed by atoms with Gasteiger partial charge in [0.2, 0.25) is 5.91 Å². The zero-order valence-corrected chi connectivity index (χ0v) is 14.5. The first-order valence-corrected chi connectivity index (χ1v) is 9.14. The lowest BCUT2D eigenvalue weighted by molar-refractivity contribution is -0.139. The highest BCUT2D eigenvalue weighted by Crippen LogP contribution is 2.25. The fourth-order valence-electron chi connectivity index (χ4n) is 4.02. The summed E-state index contributed by atoms with van der Waals surface area (Å²) in [6, 6.07) is 0.0273. The number of amides is 3. The molecule has 3 aliphatic rings. The first-order chi connectivity index (χ1) is 12.0. The molecule has 3 saturated heterocycles. The van der Waals surface area contributed by atoms with Gasteiger partial charge in [0.1, 0.15) is 0 Å². The standard InChI is InChI=1S/C17H27N3O5/c21-14(22)10-17(5-9-25-12-17)18-15(23)13-4-3-8-20(11-13)16(24)19-6-1-2-7-19/h13H,1-12H2,(H,18,23)(H,21,22). The van der Waals surface area contributed by atoms with Crippen LogP contribution in [0, 0.1) is 5.92 Å². The number of likely N-dealkylation sites (tertiary alicyclic amines) is 2. The van der Waals surface area contributed by atoms with Crippen molar-refractivity contribution in [1.29, 1.82) is 0 Å². The van der Waals surface area contributed by atoms with Crippen LogP contribution in [0.2, 0.25) is 0 Å². The number of hydrogen-bond donors (Lipinski definition) is 2. The van der Waals surface area contributed by atoms with Gasteiger partial charge in [0, 0.05) is 32.8 Å². The van der Waals surface area contributed by atoms with Gasteiger partial charge < -0.3 is 25.0 Å². The summed E-state index contributed by atoms with van der Waals surface area (Å²) in [5.74, 6) is -1.39. The minimum atomic E-state index is -0.944. The SMILES string of the molecule is O=C(O)CC1(NC(=O)C2CCCN(C(=O)N3CCCC3)C2)CCOC1. The Bertz CT molecular complexity index is 526. The number of piperidine rings is 1. The number of nitrogens with zero attached hydrogens (tertiary/aromatic N) is 2. The first-order valence-electron chi connectivity index (χ1n) is 9.14. The van der Waals surface area contributed by atoms with Gasteiger partial charge >= 0.3 is 12.0 Å². The van der Waals surface area contributed by atoms with Crippen molar-refractivity contribution in [3.8, 4) is 0 Å². The average molecular weight is 353 g/mol. The molecule has 0 aliphatic carbocycles. The molecule has 3 amide bonds. The summed E-state index contributed by atoms with van der Waals surface area (Å²) in [7, 11) is 0. The Morgan fingerprint density at radius 3 is 2.48 bits per heavy atom. The van der Waals surface area contributed by atoms with E-state index < -0.39 is 11.5 Å². The van der Waals surface area contributed by atoms with Crippen LogP contribution >= 0.6 is 0 Å². The number of hydrogen-bond acceptors (Lipinski definition) is 4. The molecule has 3 rings (SSSR count). The highest BCUT2D eigenvalue weighted by Gasteiger charge is 2.41. The third kappa shape index (κ3) is 4.23. The predicted octanol–water partition coefficient (Wildman–Crippen LogP) is 0.664. The highest BCUT2D eigenvalue weighted by atomic mass is 16.5. The van der Waals surface area contributed by atoms with Crippen LogP contribution < -0.4 is 5.32 Å². The number of ether oxygens (including phenoxy) is 1. The lowest BCUT2D eigenvalue weighted by Crippen LogP contribution is -2.55. The quantitative estimate of drug-likeness (QED) is 0.774. The van der Waals surface area contributed by atoms with Crippen LogP contribution in [0.5, 0.6) is 0 Å².